The molecule has 0 saturated carbocycles. The molecule has 1 aliphatic rings. The van der Waals surface area contributed by atoms with Gasteiger partial charge in [-0.2, -0.15) is 0 Å². The molecule has 0 aliphatic carbocycles. The number of methoxy groups -OCH3 is 1. The molecule has 1 fully saturated rings. The van der Waals surface area contributed by atoms with Crippen LogP contribution in [0.15, 0.2) is 42.5 Å². The fraction of sp³-hybridized carbons (Fsp3) is 0.263. The summed E-state index contributed by atoms with van der Waals surface area (Å²) in [5.74, 6) is -1.58. The van der Waals surface area contributed by atoms with Crippen molar-refractivity contribution in [3.63, 3.8) is 0 Å². The molecule has 7 heteroatoms. The van der Waals surface area contributed by atoms with E-state index in [9.17, 15) is 18.4 Å². The number of carbonyl (C=O) groups excluding carboxylic acids is 2. The van der Waals surface area contributed by atoms with E-state index in [1.807, 2.05) is 0 Å². The number of anilines is 1. The van der Waals surface area contributed by atoms with Crippen LogP contribution in [-0.2, 0) is 4.79 Å². The molecular formula is C19H18F2N2O3. The fourth-order valence-corrected chi connectivity index (χ4v) is 2.99. The first kappa shape index (κ1) is 17.8. The van der Waals surface area contributed by atoms with E-state index in [0.29, 0.717) is 11.3 Å². The van der Waals surface area contributed by atoms with Crippen LogP contribution in [0, 0.1) is 11.6 Å². The molecule has 0 spiro atoms. The van der Waals surface area contributed by atoms with Crippen molar-refractivity contribution in [2.45, 2.75) is 13.0 Å². The lowest BCUT2D eigenvalue weighted by molar-refractivity contribution is -0.124. The van der Waals surface area contributed by atoms with E-state index in [4.69, 9.17) is 4.74 Å². The topological polar surface area (TPSA) is 49.9 Å². The zero-order valence-electron chi connectivity index (χ0n) is 14.4. The van der Waals surface area contributed by atoms with Gasteiger partial charge < -0.3 is 14.5 Å². The van der Waals surface area contributed by atoms with Gasteiger partial charge in [-0.25, -0.2) is 8.78 Å². The molecule has 1 atom stereocenters. The molecule has 1 saturated heterocycles. The Balaban J connectivity index is 1.79. The largest absolute Gasteiger partial charge is 0.497 e. The van der Waals surface area contributed by atoms with Gasteiger partial charge in [0.25, 0.3) is 5.91 Å². The molecule has 0 radical (unpaired) electrons. The second-order valence-corrected chi connectivity index (χ2v) is 5.99. The summed E-state index contributed by atoms with van der Waals surface area (Å²) in [5.41, 5.74) is 0.451. The number of nitrogens with zero attached hydrogens (tertiary/aromatic N) is 2. The van der Waals surface area contributed by atoms with Crippen molar-refractivity contribution >= 4 is 17.5 Å². The SMILES string of the molecule is COc1ccc(C(=O)N2CCN(c3ccc(F)cc3F)C(=O)[C@H]2C)cc1. The van der Waals surface area contributed by atoms with Crippen LogP contribution in [0.5, 0.6) is 5.75 Å². The van der Waals surface area contributed by atoms with Crippen LogP contribution < -0.4 is 9.64 Å². The smallest absolute Gasteiger partial charge is 0.254 e. The van der Waals surface area contributed by atoms with E-state index in [1.165, 1.54) is 23.0 Å². The summed E-state index contributed by atoms with van der Waals surface area (Å²) in [4.78, 5) is 28.1. The summed E-state index contributed by atoms with van der Waals surface area (Å²) in [6, 6.07) is 8.91. The van der Waals surface area contributed by atoms with Crippen molar-refractivity contribution < 1.29 is 23.1 Å². The molecule has 0 bridgehead atoms. The molecule has 2 amide bonds. The number of amides is 2. The molecule has 3 rings (SSSR count). The Labute approximate surface area is 149 Å². The molecule has 1 aliphatic heterocycles. The maximum absolute atomic E-state index is 14.0. The Morgan fingerprint density at radius 2 is 1.81 bits per heavy atom. The predicted octanol–water partition coefficient (Wildman–Crippen LogP) is 2.85. The number of halogens is 2. The maximum atomic E-state index is 14.0. The van der Waals surface area contributed by atoms with E-state index in [-0.39, 0.29) is 24.7 Å². The third-order valence-electron chi connectivity index (χ3n) is 4.45. The highest BCUT2D eigenvalue weighted by atomic mass is 19.1. The van der Waals surface area contributed by atoms with Gasteiger partial charge in [0.1, 0.15) is 23.4 Å². The summed E-state index contributed by atoms with van der Waals surface area (Å²) in [5, 5.41) is 0. The van der Waals surface area contributed by atoms with Crippen molar-refractivity contribution in [3.05, 3.63) is 59.7 Å². The molecular weight excluding hydrogens is 342 g/mol. The molecule has 1 heterocycles. The first-order valence-corrected chi connectivity index (χ1v) is 8.14. The van der Waals surface area contributed by atoms with E-state index in [2.05, 4.69) is 0 Å². The van der Waals surface area contributed by atoms with Gasteiger partial charge in [-0.3, -0.25) is 9.59 Å². The second kappa shape index (κ2) is 7.11. The predicted molar refractivity (Wildman–Crippen MR) is 92.2 cm³/mol. The monoisotopic (exact) mass is 360 g/mol. The Hall–Kier alpha value is -2.96. The number of rotatable bonds is 3. The van der Waals surface area contributed by atoms with Crippen LogP contribution in [0.3, 0.4) is 0 Å². The minimum absolute atomic E-state index is 0.0137. The summed E-state index contributed by atoms with van der Waals surface area (Å²) >= 11 is 0. The molecule has 26 heavy (non-hydrogen) atoms. The standard InChI is InChI=1S/C19H18F2N2O3/c1-12-18(24)23(17-8-5-14(20)11-16(17)21)10-9-22(12)19(25)13-3-6-15(26-2)7-4-13/h3-8,11-12H,9-10H2,1-2H3/t12-/m1/s1. The summed E-state index contributed by atoms with van der Waals surface area (Å²) in [6.45, 7) is 1.97. The average Bonchev–Trinajstić information content (AvgIpc) is 2.64. The van der Waals surface area contributed by atoms with E-state index in [0.717, 1.165) is 12.1 Å². The Morgan fingerprint density at radius 3 is 2.42 bits per heavy atom. The highest BCUT2D eigenvalue weighted by Crippen LogP contribution is 2.25. The lowest BCUT2D eigenvalue weighted by Gasteiger charge is -2.39. The average molecular weight is 360 g/mol. The van der Waals surface area contributed by atoms with Crippen LogP contribution in [0.25, 0.3) is 0 Å². The van der Waals surface area contributed by atoms with Crippen molar-refractivity contribution in [2.24, 2.45) is 0 Å². The van der Waals surface area contributed by atoms with Crippen molar-refractivity contribution in [1.29, 1.82) is 0 Å². The van der Waals surface area contributed by atoms with Gasteiger partial charge in [0.15, 0.2) is 0 Å². The number of benzene rings is 2. The summed E-state index contributed by atoms with van der Waals surface area (Å²) < 4.78 is 32.2. The van der Waals surface area contributed by atoms with Crippen LogP contribution in [-0.4, -0.2) is 43.0 Å². The zero-order chi connectivity index (χ0) is 18.8. The molecule has 136 valence electrons. The Bertz CT molecular complexity index is 839. The van der Waals surface area contributed by atoms with Gasteiger partial charge in [0, 0.05) is 24.7 Å². The minimum atomic E-state index is -0.805. The normalized spacial score (nSPS) is 17.4. The van der Waals surface area contributed by atoms with Crippen LogP contribution in [0.4, 0.5) is 14.5 Å². The molecule has 0 aromatic heterocycles. The summed E-state index contributed by atoms with van der Waals surface area (Å²) in [7, 11) is 1.53. The quantitative estimate of drug-likeness (QED) is 0.846. The number of piperazine rings is 1. The number of carbonyl (C=O) groups is 2. The van der Waals surface area contributed by atoms with E-state index >= 15 is 0 Å². The Morgan fingerprint density at radius 1 is 1.12 bits per heavy atom. The van der Waals surface area contributed by atoms with E-state index < -0.39 is 23.6 Å². The third kappa shape index (κ3) is 3.24. The number of hydrogen-bond donors (Lipinski definition) is 0. The van der Waals surface area contributed by atoms with Gasteiger partial charge in [-0.1, -0.05) is 0 Å². The molecule has 2 aromatic carbocycles. The van der Waals surface area contributed by atoms with Gasteiger partial charge >= 0.3 is 0 Å². The van der Waals surface area contributed by atoms with Crippen molar-refractivity contribution in [3.8, 4) is 5.75 Å². The Kier molecular flexibility index (Phi) is 4.88. The lowest BCUT2D eigenvalue weighted by atomic mass is 10.1. The lowest BCUT2D eigenvalue weighted by Crippen LogP contribution is -2.58. The third-order valence-corrected chi connectivity index (χ3v) is 4.45. The van der Waals surface area contributed by atoms with Gasteiger partial charge in [0.05, 0.1) is 12.8 Å². The van der Waals surface area contributed by atoms with Gasteiger partial charge in [0.2, 0.25) is 5.91 Å². The minimum Gasteiger partial charge on any atom is -0.497 e. The van der Waals surface area contributed by atoms with Crippen molar-refractivity contribution in [2.75, 3.05) is 25.1 Å². The van der Waals surface area contributed by atoms with Gasteiger partial charge in [-0.15, -0.1) is 0 Å². The first-order valence-electron chi connectivity index (χ1n) is 8.14. The molecule has 0 unspecified atom stereocenters. The number of hydrogen-bond acceptors (Lipinski definition) is 3. The second-order valence-electron chi connectivity index (χ2n) is 5.99. The van der Waals surface area contributed by atoms with Gasteiger partial charge in [-0.05, 0) is 43.3 Å². The highest BCUT2D eigenvalue weighted by Gasteiger charge is 2.36. The molecule has 5 nitrogen and oxygen atoms in total. The van der Waals surface area contributed by atoms with E-state index in [1.54, 1.807) is 31.2 Å². The van der Waals surface area contributed by atoms with Crippen LogP contribution >= 0.6 is 0 Å². The maximum Gasteiger partial charge on any atom is 0.254 e. The molecule has 2 aromatic rings. The summed E-state index contributed by atoms with van der Waals surface area (Å²) in [6.07, 6.45) is 0. The number of ether oxygens (including phenoxy) is 1. The molecule has 0 N–H and O–H groups in total. The zero-order valence-corrected chi connectivity index (χ0v) is 14.4. The van der Waals surface area contributed by atoms with Crippen LogP contribution in [0.1, 0.15) is 17.3 Å². The van der Waals surface area contributed by atoms with Crippen molar-refractivity contribution in [1.82, 2.24) is 4.90 Å². The highest BCUT2D eigenvalue weighted by molar-refractivity contribution is 6.03. The fourth-order valence-electron chi connectivity index (χ4n) is 2.99. The van der Waals surface area contributed by atoms with Crippen LogP contribution in [0.2, 0.25) is 0 Å². The first-order chi connectivity index (χ1) is 12.4.